The molecule has 0 unspecified atom stereocenters. The van der Waals surface area contributed by atoms with E-state index in [2.05, 4.69) is 24.3 Å². The molecule has 0 heterocycles. The topological polar surface area (TPSA) is 55.8 Å². The molecule has 0 aliphatic heterocycles. The molecular formula is C25H23ClO4S. The van der Waals surface area contributed by atoms with Crippen molar-refractivity contribution < 1.29 is 19.4 Å². The lowest BCUT2D eigenvalue weighted by atomic mass is 9.97. The molecule has 0 amide bonds. The first-order valence-corrected chi connectivity index (χ1v) is 11.2. The molecule has 0 saturated heterocycles. The highest BCUT2D eigenvalue weighted by molar-refractivity contribution is 7.99. The van der Waals surface area contributed by atoms with Crippen LogP contribution in [0, 0.1) is 0 Å². The van der Waals surface area contributed by atoms with Gasteiger partial charge < -0.3 is 14.6 Å². The van der Waals surface area contributed by atoms with E-state index in [-0.39, 0.29) is 0 Å². The van der Waals surface area contributed by atoms with Crippen LogP contribution in [0.1, 0.15) is 18.1 Å². The summed E-state index contributed by atoms with van der Waals surface area (Å²) in [6.45, 7) is 2.16. The molecule has 6 heteroatoms. The number of thioether (sulfide) groups is 1. The lowest BCUT2D eigenvalue weighted by Crippen LogP contribution is -2.09. The van der Waals surface area contributed by atoms with Crippen LogP contribution in [0.4, 0.5) is 0 Å². The van der Waals surface area contributed by atoms with Crippen LogP contribution in [0.2, 0.25) is 5.02 Å². The molecule has 0 aliphatic rings. The Balaban J connectivity index is 1.81. The summed E-state index contributed by atoms with van der Waals surface area (Å²) in [4.78, 5) is 11.6. The van der Waals surface area contributed by atoms with Crippen LogP contribution in [0.15, 0.2) is 83.8 Å². The van der Waals surface area contributed by atoms with Gasteiger partial charge in [0.25, 0.3) is 0 Å². The molecule has 0 atom stereocenters. The molecule has 0 aliphatic carbocycles. The van der Waals surface area contributed by atoms with E-state index in [9.17, 15) is 4.79 Å². The van der Waals surface area contributed by atoms with Gasteiger partial charge in [-0.3, -0.25) is 0 Å². The van der Waals surface area contributed by atoms with Gasteiger partial charge in [0, 0.05) is 16.2 Å². The monoisotopic (exact) mass is 454 g/mol. The lowest BCUT2D eigenvalue weighted by Gasteiger charge is -2.14. The summed E-state index contributed by atoms with van der Waals surface area (Å²) in [7, 11) is 0. The molecular weight excluding hydrogens is 432 g/mol. The molecule has 0 radical (unpaired) electrons. The number of rotatable bonds is 10. The summed E-state index contributed by atoms with van der Waals surface area (Å²) in [5, 5.41) is 9.13. The largest absolute Gasteiger partial charge is 0.493 e. The number of benzene rings is 3. The maximum Gasteiger partial charge on any atom is 0.341 e. The molecule has 0 fully saturated rings. The van der Waals surface area contributed by atoms with E-state index in [0.717, 1.165) is 33.1 Å². The maximum atomic E-state index is 10.7. The highest BCUT2D eigenvalue weighted by Gasteiger charge is 2.11. The third kappa shape index (κ3) is 6.54. The maximum absolute atomic E-state index is 10.7. The van der Waals surface area contributed by atoms with E-state index in [0.29, 0.717) is 17.4 Å². The molecule has 3 aromatic carbocycles. The number of ether oxygens (including phenoxy) is 2. The number of para-hydroxylation sites is 1. The molecule has 0 saturated carbocycles. The first-order valence-electron chi connectivity index (χ1n) is 9.83. The number of halogens is 1. The van der Waals surface area contributed by atoms with Gasteiger partial charge in [-0.1, -0.05) is 66.2 Å². The summed E-state index contributed by atoms with van der Waals surface area (Å²) < 4.78 is 11.0. The summed E-state index contributed by atoms with van der Waals surface area (Å²) in [6, 6.07) is 23.6. The highest BCUT2D eigenvalue weighted by Crippen LogP contribution is 2.33. The van der Waals surface area contributed by atoms with Gasteiger partial charge in [-0.15, -0.1) is 11.8 Å². The third-order valence-corrected chi connectivity index (χ3v) is 5.57. The molecule has 3 rings (SSSR count). The number of carboxylic acids is 1. The second-order valence-electron chi connectivity index (χ2n) is 6.50. The minimum atomic E-state index is -1.04. The Kier molecular flexibility index (Phi) is 8.44. The van der Waals surface area contributed by atoms with Crippen molar-refractivity contribution in [3.63, 3.8) is 0 Å². The average molecular weight is 455 g/mol. The molecule has 31 heavy (non-hydrogen) atoms. The van der Waals surface area contributed by atoms with Crippen LogP contribution in [0.5, 0.6) is 11.5 Å². The van der Waals surface area contributed by atoms with Gasteiger partial charge >= 0.3 is 5.97 Å². The zero-order chi connectivity index (χ0) is 22.1. The zero-order valence-corrected chi connectivity index (χ0v) is 18.7. The van der Waals surface area contributed by atoms with Gasteiger partial charge in [-0.2, -0.15) is 0 Å². The van der Waals surface area contributed by atoms with Crippen molar-refractivity contribution in [1.82, 2.24) is 0 Å². The summed E-state index contributed by atoms with van der Waals surface area (Å²) in [6.07, 6.45) is 2.18. The van der Waals surface area contributed by atoms with Crippen LogP contribution < -0.4 is 9.47 Å². The molecule has 160 valence electrons. The van der Waals surface area contributed by atoms with Crippen molar-refractivity contribution in [3.05, 3.63) is 95.0 Å². The molecule has 0 aromatic heterocycles. The quantitative estimate of drug-likeness (QED) is 0.358. The van der Waals surface area contributed by atoms with Crippen LogP contribution in [-0.2, 0) is 4.79 Å². The van der Waals surface area contributed by atoms with E-state index in [1.165, 1.54) is 0 Å². The van der Waals surface area contributed by atoms with Gasteiger partial charge in [-0.25, -0.2) is 4.79 Å². The fourth-order valence-corrected chi connectivity index (χ4v) is 4.13. The van der Waals surface area contributed by atoms with Crippen molar-refractivity contribution in [2.75, 3.05) is 19.0 Å². The Morgan fingerprint density at radius 1 is 1.00 bits per heavy atom. The third-order valence-electron chi connectivity index (χ3n) is 4.35. The molecule has 0 bridgehead atoms. The predicted molar refractivity (Wildman–Crippen MR) is 126 cm³/mol. The average Bonchev–Trinajstić information content (AvgIpc) is 2.77. The van der Waals surface area contributed by atoms with Crippen LogP contribution in [0.3, 0.4) is 0 Å². The van der Waals surface area contributed by atoms with Crippen molar-refractivity contribution in [2.24, 2.45) is 0 Å². The highest BCUT2D eigenvalue weighted by atomic mass is 35.5. The fraction of sp³-hybridized carbons (Fsp3) is 0.160. The van der Waals surface area contributed by atoms with Gasteiger partial charge in [0.15, 0.2) is 6.61 Å². The minimum Gasteiger partial charge on any atom is -0.493 e. The van der Waals surface area contributed by atoms with Crippen molar-refractivity contribution in [2.45, 2.75) is 11.8 Å². The standard InChI is InChI=1S/C25H23ClO4S/c1-2-29-23-11-7-6-10-21(23)20(18-8-4-3-5-9-18)14-15-31-19-12-13-24(22(26)16-19)30-17-25(27)28/h3-14,16H,2,15,17H2,1H3,(H,27,28). The first kappa shape index (κ1) is 22.8. The molecule has 3 aromatic rings. The van der Waals surface area contributed by atoms with Crippen molar-refractivity contribution >= 4 is 34.9 Å². The van der Waals surface area contributed by atoms with E-state index >= 15 is 0 Å². The normalized spacial score (nSPS) is 11.2. The minimum absolute atomic E-state index is 0.361. The van der Waals surface area contributed by atoms with Crippen molar-refractivity contribution in [1.29, 1.82) is 0 Å². The number of hydrogen-bond donors (Lipinski definition) is 1. The first-order chi connectivity index (χ1) is 15.1. The Labute approximate surface area is 191 Å². The predicted octanol–water partition coefficient (Wildman–Crippen LogP) is 6.43. The summed E-state index contributed by atoms with van der Waals surface area (Å²) in [5.41, 5.74) is 3.27. The van der Waals surface area contributed by atoms with E-state index in [1.807, 2.05) is 49.4 Å². The number of hydrogen-bond acceptors (Lipinski definition) is 4. The van der Waals surface area contributed by atoms with Crippen LogP contribution in [0.25, 0.3) is 5.57 Å². The number of carboxylic acid groups (broad SMARTS) is 1. The van der Waals surface area contributed by atoms with E-state index in [4.69, 9.17) is 26.2 Å². The van der Waals surface area contributed by atoms with Gasteiger partial charge in [0.1, 0.15) is 11.5 Å². The number of aliphatic carboxylic acids is 1. The smallest absolute Gasteiger partial charge is 0.341 e. The van der Waals surface area contributed by atoms with Gasteiger partial charge in [-0.05, 0) is 42.3 Å². The zero-order valence-electron chi connectivity index (χ0n) is 17.1. The molecule has 0 spiro atoms. The summed E-state index contributed by atoms with van der Waals surface area (Å²) in [5.74, 6) is 0.893. The fourth-order valence-electron chi connectivity index (χ4n) is 3.02. The van der Waals surface area contributed by atoms with Crippen molar-refractivity contribution in [3.8, 4) is 11.5 Å². The van der Waals surface area contributed by atoms with Gasteiger partial charge in [0.05, 0.1) is 11.6 Å². The molecule has 4 nitrogen and oxygen atoms in total. The number of carbonyl (C=O) groups is 1. The Morgan fingerprint density at radius 2 is 1.74 bits per heavy atom. The van der Waals surface area contributed by atoms with E-state index < -0.39 is 12.6 Å². The molecule has 1 N–H and O–H groups in total. The Hall–Kier alpha value is -2.89. The Morgan fingerprint density at radius 3 is 2.45 bits per heavy atom. The summed E-state index contributed by atoms with van der Waals surface area (Å²) >= 11 is 7.87. The van der Waals surface area contributed by atoms with Crippen LogP contribution in [-0.4, -0.2) is 30.0 Å². The van der Waals surface area contributed by atoms with Gasteiger partial charge in [0.2, 0.25) is 0 Å². The second kappa shape index (κ2) is 11.5. The Bertz CT molecular complexity index is 1050. The lowest BCUT2D eigenvalue weighted by molar-refractivity contribution is -0.139. The SMILES string of the molecule is CCOc1ccccc1C(=CCSc1ccc(OCC(=O)O)c(Cl)c1)c1ccccc1. The van der Waals surface area contributed by atoms with Crippen LogP contribution >= 0.6 is 23.4 Å². The second-order valence-corrected chi connectivity index (χ2v) is 8.00. The van der Waals surface area contributed by atoms with E-state index in [1.54, 1.807) is 23.9 Å².